The standard InChI is InChI=1S/C8H15NO2/c9-6-5-7(6)11-8-3-1-2-4-10-8/h6-8H,1-5,9H2/t6-,7-,8+/m1/s1. The van der Waals surface area contributed by atoms with E-state index in [9.17, 15) is 0 Å². The predicted octanol–water partition coefficient (Wildman–Crippen LogP) is 0.629. The Bertz CT molecular complexity index is 134. The Kier molecular flexibility index (Phi) is 2.11. The minimum atomic E-state index is 0.0438. The normalized spacial score (nSPS) is 43.9. The van der Waals surface area contributed by atoms with Gasteiger partial charge in [-0.05, 0) is 25.7 Å². The number of rotatable bonds is 2. The molecule has 1 saturated heterocycles. The number of hydrogen-bond donors (Lipinski definition) is 1. The molecule has 0 bridgehead atoms. The Morgan fingerprint density at radius 3 is 2.73 bits per heavy atom. The van der Waals surface area contributed by atoms with Gasteiger partial charge < -0.3 is 15.2 Å². The lowest BCUT2D eigenvalue weighted by Gasteiger charge is -2.22. The van der Waals surface area contributed by atoms with Crippen molar-refractivity contribution in [3.8, 4) is 0 Å². The molecule has 2 N–H and O–H groups in total. The van der Waals surface area contributed by atoms with Crippen LogP contribution in [-0.4, -0.2) is 25.0 Å². The van der Waals surface area contributed by atoms with Crippen molar-refractivity contribution in [3.63, 3.8) is 0 Å². The van der Waals surface area contributed by atoms with Crippen LogP contribution in [0.3, 0.4) is 0 Å². The van der Waals surface area contributed by atoms with Crippen LogP contribution in [0.25, 0.3) is 0 Å². The average molecular weight is 157 g/mol. The van der Waals surface area contributed by atoms with E-state index in [1.54, 1.807) is 0 Å². The fraction of sp³-hybridized carbons (Fsp3) is 1.00. The van der Waals surface area contributed by atoms with Gasteiger partial charge in [0.05, 0.1) is 6.10 Å². The molecule has 1 heterocycles. The van der Waals surface area contributed by atoms with Crippen LogP contribution in [0.5, 0.6) is 0 Å². The maximum Gasteiger partial charge on any atom is 0.158 e. The average Bonchev–Trinajstić information content (AvgIpc) is 2.69. The minimum Gasteiger partial charge on any atom is -0.353 e. The first-order valence-corrected chi connectivity index (χ1v) is 4.39. The van der Waals surface area contributed by atoms with Gasteiger partial charge in [0.1, 0.15) is 0 Å². The highest BCUT2D eigenvalue weighted by molar-refractivity contribution is 4.92. The van der Waals surface area contributed by atoms with E-state index < -0.39 is 0 Å². The van der Waals surface area contributed by atoms with Crippen LogP contribution in [0.1, 0.15) is 25.7 Å². The first-order valence-electron chi connectivity index (χ1n) is 4.39. The van der Waals surface area contributed by atoms with Crippen molar-refractivity contribution in [1.82, 2.24) is 0 Å². The molecular formula is C8H15NO2. The molecule has 0 spiro atoms. The van der Waals surface area contributed by atoms with Crippen LogP contribution in [0.15, 0.2) is 0 Å². The molecule has 0 aromatic heterocycles. The number of hydrogen-bond acceptors (Lipinski definition) is 3. The van der Waals surface area contributed by atoms with E-state index in [0.29, 0.717) is 0 Å². The second-order valence-electron chi connectivity index (χ2n) is 3.37. The Morgan fingerprint density at radius 1 is 1.36 bits per heavy atom. The first kappa shape index (κ1) is 7.53. The third-order valence-corrected chi connectivity index (χ3v) is 2.24. The van der Waals surface area contributed by atoms with Crippen molar-refractivity contribution >= 4 is 0 Å². The van der Waals surface area contributed by atoms with Crippen LogP contribution < -0.4 is 5.73 Å². The van der Waals surface area contributed by atoms with E-state index in [1.807, 2.05) is 0 Å². The zero-order chi connectivity index (χ0) is 7.68. The summed E-state index contributed by atoms with van der Waals surface area (Å²) < 4.78 is 11.0. The topological polar surface area (TPSA) is 44.5 Å². The Hall–Kier alpha value is -0.120. The summed E-state index contributed by atoms with van der Waals surface area (Å²) in [6.45, 7) is 0.854. The van der Waals surface area contributed by atoms with Crippen LogP contribution in [-0.2, 0) is 9.47 Å². The molecule has 0 unspecified atom stereocenters. The number of nitrogens with two attached hydrogens (primary N) is 1. The molecule has 0 amide bonds. The SMILES string of the molecule is N[C@@H]1C[C@H]1O[C@H]1CCCCO1. The smallest absolute Gasteiger partial charge is 0.158 e. The molecule has 3 nitrogen and oxygen atoms in total. The molecule has 64 valence electrons. The van der Waals surface area contributed by atoms with Gasteiger partial charge in [0.15, 0.2) is 6.29 Å². The molecule has 2 rings (SSSR count). The monoisotopic (exact) mass is 157 g/mol. The molecule has 1 aliphatic carbocycles. The molecule has 0 aromatic carbocycles. The van der Waals surface area contributed by atoms with Crippen molar-refractivity contribution in [3.05, 3.63) is 0 Å². The zero-order valence-corrected chi connectivity index (χ0v) is 6.66. The van der Waals surface area contributed by atoms with E-state index in [2.05, 4.69) is 0 Å². The van der Waals surface area contributed by atoms with Gasteiger partial charge in [0.2, 0.25) is 0 Å². The van der Waals surface area contributed by atoms with Gasteiger partial charge in [-0.25, -0.2) is 0 Å². The highest BCUT2D eigenvalue weighted by Crippen LogP contribution is 2.27. The van der Waals surface area contributed by atoms with Gasteiger partial charge in [-0.2, -0.15) is 0 Å². The third-order valence-electron chi connectivity index (χ3n) is 2.24. The van der Waals surface area contributed by atoms with E-state index in [1.165, 1.54) is 12.8 Å². The fourth-order valence-corrected chi connectivity index (χ4v) is 1.36. The molecule has 11 heavy (non-hydrogen) atoms. The minimum absolute atomic E-state index is 0.0438. The highest BCUT2D eigenvalue weighted by atomic mass is 16.7. The maximum atomic E-state index is 5.60. The Balaban J connectivity index is 1.68. The Morgan fingerprint density at radius 2 is 2.18 bits per heavy atom. The van der Waals surface area contributed by atoms with Crippen LogP contribution in [0, 0.1) is 0 Å². The molecule has 0 aromatic rings. The highest BCUT2D eigenvalue weighted by Gasteiger charge is 2.37. The largest absolute Gasteiger partial charge is 0.353 e. The lowest BCUT2D eigenvalue weighted by Crippen LogP contribution is -2.25. The molecule has 2 fully saturated rings. The second kappa shape index (κ2) is 3.09. The summed E-state index contributed by atoms with van der Waals surface area (Å²) in [5.41, 5.74) is 5.60. The summed E-state index contributed by atoms with van der Waals surface area (Å²) in [5.74, 6) is 0. The number of ether oxygens (including phenoxy) is 2. The molecule has 3 heteroatoms. The maximum absolute atomic E-state index is 5.60. The van der Waals surface area contributed by atoms with Crippen molar-refractivity contribution < 1.29 is 9.47 Å². The summed E-state index contributed by atoms with van der Waals surface area (Å²) in [6.07, 6.45) is 4.80. The molecule has 1 saturated carbocycles. The summed E-state index contributed by atoms with van der Waals surface area (Å²) in [6, 6.07) is 0.278. The summed E-state index contributed by atoms with van der Waals surface area (Å²) in [7, 11) is 0. The first-order chi connectivity index (χ1) is 5.36. The van der Waals surface area contributed by atoms with E-state index in [-0.39, 0.29) is 18.4 Å². The van der Waals surface area contributed by atoms with Gasteiger partial charge in [-0.15, -0.1) is 0 Å². The van der Waals surface area contributed by atoms with Gasteiger partial charge >= 0.3 is 0 Å². The van der Waals surface area contributed by atoms with E-state index in [4.69, 9.17) is 15.2 Å². The van der Waals surface area contributed by atoms with E-state index >= 15 is 0 Å². The van der Waals surface area contributed by atoms with Crippen molar-refractivity contribution in [1.29, 1.82) is 0 Å². The van der Waals surface area contributed by atoms with Crippen molar-refractivity contribution in [2.75, 3.05) is 6.61 Å². The van der Waals surface area contributed by atoms with Crippen LogP contribution >= 0.6 is 0 Å². The molecule has 0 radical (unpaired) electrons. The van der Waals surface area contributed by atoms with Crippen molar-refractivity contribution in [2.24, 2.45) is 5.73 Å². The van der Waals surface area contributed by atoms with Gasteiger partial charge in [-0.1, -0.05) is 0 Å². The third kappa shape index (κ3) is 1.92. The molecular weight excluding hydrogens is 142 g/mol. The van der Waals surface area contributed by atoms with Crippen LogP contribution in [0.4, 0.5) is 0 Å². The van der Waals surface area contributed by atoms with Gasteiger partial charge in [0, 0.05) is 12.6 Å². The van der Waals surface area contributed by atoms with E-state index in [0.717, 1.165) is 19.4 Å². The lowest BCUT2D eigenvalue weighted by atomic mass is 10.2. The molecule has 2 aliphatic rings. The zero-order valence-electron chi connectivity index (χ0n) is 6.66. The fourth-order valence-electron chi connectivity index (χ4n) is 1.36. The van der Waals surface area contributed by atoms with Crippen LogP contribution in [0.2, 0.25) is 0 Å². The van der Waals surface area contributed by atoms with Gasteiger partial charge in [0.25, 0.3) is 0 Å². The molecule has 1 aliphatic heterocycles. The second-order valence-corrected chi connectivity index (χ2v) is 3.37. The Labute approximate surface area is 66.8 Å². The molecule has 3 atom stereocenters. The summed E-state index contributed by atoms with van der Waals surface area (Å²) in [5, 5.41) is 0. The summed E-state index contributed by atoms with van der Waals surface area (Å²) in [4.78, 5) is 0. The lowest BCUT2D eigenvalue weighted by molar-refractivity contribution is -0.169. The van der Waals surface area contributed by atoms with Gasteiger partial charge in [-0.3, -0.25) is 0 Å². The predicted molar refractivity (Wildman–Crippen MR) is 41.1 cm³/mol. The van der Waals surface area contributed by atoms with Crippen molar-refractivity contribution in [2.45, 2.75) is 44.1 Å². The summed E-state index contributed by atoms with van der Waals surface area (Å²) >= 11 is 0. The quantitative estimate of drug-likeness (QED) is 0.639.